The van der Waals surface area contributed by atoms with Gasteiger partial charge < -0.3 is 27.8 Å². The Morgan fingerprint density at radius 3 is 1.66 bits per heavy atom. The summed E-state index contributed by atoms with van der Waals surface area (Å²) in [4.78, 5) is 8.21. The number of ether oxygens (including phenoxy) is 4. The number of halogens is 4. The molecule has 0 N–H and O–H groups in total. The van der Waals surface area contributed by atoms with Gasteiger partial charge in [-0.2, -0.15) is 10.5 Å². The lowest BCUT2D eigenvalue weighted by Gasteiger charge is -2.42. The molecule has 6 aromatic rings. The number of hydrogen-bond donors (Lipinski definition) is 0. The number of aromatic nitrogens is 2. The van der Waals surface area contributed by atoms with Crippen LogP contribution in [-0.2, 0) is 37.1 Å². The molecule has 0 radical (unpaired) electrons. The molecule has 0 fully saturated rings. The van der Waals surface area contributed by atoms with Crippen molar-refractivity contribution in [1.82, 2.24) is 9.97 Å². The van der Waals surface area contributed by atoms with Crippen LogP contribution in [0.2, 0.25) is 10.0 Å². The fourth-order valence-corrected chi connectivity index (χ4v) is 9.80. The van der Waals surface area contributed by atoms with Crippen LogP contribution in [0.4, 0.5) is 0 Å². The van der Waals surface area contributed by atoms with Crippen LogP contribution in [0.1, 0.15) is 83.8 Å². The molecule has 6 rings (SSSR count). The summed E-state index contributed by atoms with van der Waals surface area (Å²) >= 11 is 25.8. The highest BCUT2D eigenvalue weighted by molar-refractivity contribution is 7.90. The summed E-state index contributed by atoms with van der Waals surface area (Å²) in [6.07, 6.45) is 2.51. The van der Waals surface area contributed by atoms with Crippen LogP contribution < -0.4 is 18.9 Å². The molecule has 4 aromatic carbocycles. The molecule has 67 heavy (non-hydrogen) atoms. The molecular weight excluding hydrogens is 986 g/mol. The van der Waals surface area contributed by atoms with Crippen molar-refractivity contribution in [3.63, 3.8) is 0 Å². The van der Waals surface area contributed by atoms with E-state index in [1.165, 1.54) is 0 Å². The number of rotatable bonds is 20. The van der Waals surface area contributed by atoms with Gasteiger partial charge in [0.05, 0.1) is 32.9 Å². The second-order valence-corrected chi connectivity index (χ2v) is 21.3. The predicted molar refractivity (Wildman–Crippen MR) is 253 cm³/mol. The first-order chi connectivity index (χ1) is 31.7. The topological polar surface area (TPSA) is 205 Å². The molecule has 0 saturated carbocycles. The van der Waals surface area contributed by atoms with E-state index >= 15 is 0 Å². The zero-order valence-corrected chi connectivity index (χ0v) is 41.7. The predicted octanol–water partition coefficient (Wildman–Crippen LogP) is 10.5. The Hall–Kier alpha value is -5.46. The number of nitrogens with zero attached hydrogens (tertiary/aromatic N) is 4. The van der Waals surface area contributed by atoms with Crippen molar-refractivity contribution in [2.75, 3.05) is 37.5 Å². The molecule has 0 bridgehead atoms. The van der Waals surface area contributed by atoms with Crippen LogP contribution in [-0.4, -0.2) is 64.3 Å². The average Bonchev–Trinajstić information content (AvgIpc) is 3.95. The zero-order chi connectivity index (χ0) is 48.9. The van der Waals surface area contributed by atoms with Crippen molar-refractivity contribution in [3.8, 4) is 35.1 Å². The van der Waals surface area contributed by atoms with Crippen molar-refractivity contribution in [1.29, 1.82) is 10.5 Å². The fraction of sp³-hybridized carbons (Fsp3) is 0.319. The summed E-state index contributed by atoms with van der Waals surface area (Å²) < 4.78 is 83.3. The van der Waals surface area contributed by atoms with Crippen LogP contribution >= 0.6 is 46.4 Å². The lowest BCUT2D eigenvalue weighted by Crippen LogP contribution is -2.36. The molecule has 0 aliphatic rings. The quantitative estimate of drug-likeness (QED) is 0.0653. The SMILES string of the molecule is Cc1oc(S(C)(=O)=O)nc1COc1ccc(C(C)(CC(C)(c2ccc(OC(C)c3ncoc3S(C)(=O)=O)cc2)c2cc(Cl)c(OCCCl)c(C#N)c2)c2cc(Cl)c(OCCCl)c(C#N)c2)cc1. The lowest BCUT2D eigenvalue weighted by atomic mass is 9.61. The average molecular weight is 1030 g/mol. The molecule has 0 aliphatic carbocycles. The highest BCUT2D eigenvalue weighted by atomic mass is 35.5. The van der Waals surface area contributed by atoms with Crippen LogP contribution in [0.3, 0.4) is 0 Å². The largest absolute Gasteiger partial charge is 0.489 e. The van der Waals surface area contributed by atoms with E-state index in [1.807, 2.05) is 38.1 Å². The lowest BCUT2D eigenvalue weighted by molar-refractivity contribution is 0.215. The Morgan fingerprint density at radius 2 is 1.22 bits per heavy atom. The fourth-order valence-electron chi connectivity index (χ4n) is 7.73. The van der Waals surface area contributed by atoms with Gasteiger partial charge in [-0.25, -0.2) is 26.8 Å². The Balaban J connectivity index is 1.50. The van der Waals surface area contributed by atoms with Crippen LogP contribution in [0.5, 0.6) is 23.0 Å². The molecule has 0 spiro atoms. The highest BCUT2D eigenvalue weighted by Gasteiger charge is 2.42. The van der Waals surface area contributed by atoms with Gasteiger partial charge in [0.2, 0.25) is 24.8 Å². The van der Waals surface area contributed by atoms with Gasteiger partial charge in [-0.05, 0) is 91.1 Å². The first-order valence-corrected chi connectivity index (χ1v) is 25.9. The number of alkyl halides is 2. The Labute approximate surface area is 409 Å². The Morgan fingerprint density at radius 1 is 0.731 bits per heavy atom. The molecule has 0 aliphatic heterocycles. The van der Waals surface area contributed by atoms with Crippen LogP contribution in [0.15, 0.2) is 98.3 Å². The van der Waals surface area contributed by atoms with Gasteiger partial charge in [0, 0.05) is 23.3 Å². The first kappa shape index (κ1) is 50.9. The van der Waals surface area contributed by atoms with Crippen molar-refractivity contribution in [3.05, 3.63) is 140 Å². The summed E-state index contributed by atoms with van der Waals surface area (Å²) in [5, 5.41) is 20.5. The maximum atomic E-state index is 12.4. The number of oxazole rings is 2. The number of sulfone groups is 2. The highest BCUT2D eigenvalue weighted by Crippen LogP contribution is 2.50. The zero-order valence-electron chi connectivity index (χ0n) is 37.0. The summed E-state index contributed by atoms with van der Waals surface area (Å²) in [6.45, 7) is 7.39. The number of nitriles is 2. The maximum absolute atomic E-state index is 12.4. The van der Waals surface area contributed by atoms with Crippen molar-refractivity contribution >= 4 is 66.1 Å². The minimum atomic E-state index is -3.73. The van der Waals surface area contributed by atoms with E-state index in [2.05, 4.69) is 22.1 Å². The van der Waals surface area contributed by atoms with E-state index in [1.54, 1.807) is 62.4 Å². The van der Waals surface area contributed by atoms with Gasteiger partial charge in [0.25, 0.3) is 0 Å². The summed E-state index contributed by atoms with van der Waals surface area (Å²) in [6, 6.07) is 25.8. The van der Waals surface area contributed by atoms with Crippen molar-refractivity contribution in [2.24, 2.45) is 0 Å². The molecular formula is C47H44Cl4N4O10S2. The van der Waals surface area contributed by atoms with E-state index in [9.17, 15) is 27.4 Å². The standard InChI is InChI=1S/C47H44Cl4N4O10S2/c1-28-40(55-45(65-28)67(6,58)59)25-62-36-11-7-32(8-12-36)46(3,34-19-30(23-52)42(38(50)21-34)60-17-15-48)26-47(4,35-20-31(24-53)43(39(51)22-35)61-18-16-49)33-9-13-37(14-10-33)64-29(2)41-44(63-27-54-41)66(5,56)57/h7-14,19-22,27,29H,15-18,25-26H2,1-6H3. The third-order valence-corrected chi connectivity index (χ3v) is 13.8. The number of hydrogen-bond acceptors (Lipinski definition) is 14. The smallest absolute Gasteiger partial charge is 0.315 e. The Bertz CT molecular complexity index is 3080. The van der Waals surface area contributed by atoms with Crippen LogP contribution in [0.25, 0.3) is 0 Å². The normalized spacial score (nSPS) is 14.0. The van der Waals surface area contributed by atoms with Crippen molar-refractivity contribution < 1.29 is 44.6 Å². The molecule has 14 nitrogen and oxygen atoms in total. The van der Waals surface area contributed by atoms with E-state index in [0.29, 0.717) is 34.1 Å². The minimum absolute atomic E-state index is 0.0764. The maximum Gasteiger partial charge on any atom is 0.315 e. The molecule has 20 heteroatoms. The number of benzene rings is 4. The summed E-state index contributed by atoms with van der Waals surface area (Å²) in [5.41, 5.74) is 1.50. The van der Waals surface area contributed by atoms with Crippen molar-refractivity contribution in [2.45, 2.75) is 68.0 Å². The van der Waals surface area contributed by atoms with E-state index in [0.717, 1.165) is 30.0 Å². The van der Waals surface area contributed by atoms with E-state index in [-0.39, 0.29) is 81.5 Å². The molecule has 2 aromatic heterocycles. The third-order valence-electron chi connectivity index (χ3n) is 11.1. The second-order valence-electron chi connectivity index (χ2n) is 16.0. The van der Waals surface area contributed by atoms with Crippen LogP contribution in [0, 0.1) is 29.6 Å². The first-order valence-electron chi connectivity index (χ1n) is 20.3. The number of aryl methyl sites for hydroxylation is 1. The Kier molecular flexibility index (Phi) is 15.8. The molecule has 0 saturated heterocycles. The molecule has 352 valence electrons. The molecule has 3 atom stereocenters. The third kappa shape index (κ3) is 11.3. The van der Waals surface area contributed by atoms with Gasteiger partial charge in [0.1, 0.15) is 66.7 Å². The van der Waals surface area contributed by atoms with Gasteiger partial charge >= 0.3 is 5.22 Å². The van der Waals surface area contributed by atoms with E-state index < -0.39 is 41.8 Å². The van der Waals surface area contributed by atoms with Gasteiger partial charge in [-0.15, -0.1) is 23.2 Å². The van der Waals surface area contributed by atoms with Gasteiger partial charge in [-0.3, -0.25) is 0 Å². The van der Waals surface area contributed by atoms with Gasteiger partial charge in [0.15, 0.2) is 17.9 Å². The summed E-state index contributed by atoms with van der Waals surface area (Å²) in [7, 11) is -7.41. The second kappa shape index (κ2) is 20.8. The van der Waals surface area contributed by atoms with E-state index in [4.69, 9.17) is 74.2 Å². The summed E-state index contributed by atoms with van der Waals surface area (Å²) in [5.74, 6) is 1.82. The minimum Gasteiger partial charge on any atom is -0.489 e. The monoisotopic (exact) mass is 1030 g/mol. The molecule has 3 unspecified atom stereocenters. The van der Waals surface area contributed by atoms with Gasteiger partial charge in [-0.1, -0.05) is 61.3 Å². The molecule has 0 amide bonds. The molecule has 2 heterocycles.